The molecule has 1 saturated heterocycles. The van der Waals surface area contributed by atoms with Crippen LogP contribution in [0.3, 0.4) is 0 Å². The Kier molecular flexibility index (Phi) is 4.22. The lowest BCUT2D eigenvalue weighted by atomic mass is 10.1. The van der Waals surface area contributed by atoms with Gasteiger partial charge in [-0.1, -0.05) is 18.2 Å². The van der Waals surface area contributed by atoms with Crippen LogP contribution in [0, 0.1) is 6.92 Å². The molecule has 0 bridgehead atoms. The van der Waals surface area contributed by atoms with E-state index in [1.807, 2.05) is 31.2 Å². The largest absolute Gasteiger partial charge is 0.336 e. The summed E-state index contributed by atoms with van der Waals surface area (Å²) in [6.45, 7) is 3.09. The summed E-state index contributed by atoms with van der Waals surface area (Å²) in [5, 5.41) is 6.19. The van der Waals surface area contributed by atoms with Gasteiger partial charge in [0, 0.05) is 25.3 Å². The number of aromatic amines is 1. The molecule has 7 nitrogen and oxygen atoms in total. The molecule has 138 valence electrons. The molecule has 4 rings (SSSR count). The standard InChI is InChI=1S/C18H22N4O3S/c1-13-11-16(20-19-13)18(23)21-9-4-6-15(12-21)26(24,25)22-10-8-14-5-2-3-7-17(14)22/h2-3,5,7,11,15H,4,6,8-10,12H2,1H3,(H,19,20)/t15-/m0/s1. The number of para-hydroxylation sites is 1. The van der Waals surface area contributed by atoms with Crippen molar-refractivity contribution in [1.29, 1.82) is 0 Å². The van der Waals surface area contributed by atoms with E-state index in [4.69, 9.17) is 0 Å². The van der Waals surface area contributed by atoms with Gasteiger partial charge >= 0.3 is 0 Å². The third kappa shape index (κ3) is 2.88. The Morgan fingerprint density at radius 3 is 2.85 bits per heavy atom. The molecule has 2 aliphatic rings. The summed E-state index contributed by atoms with van der Waals surface area (Å²) in [6.07, 6.45) is 1.98. The number of rotatable bonds is 3. The van der Waals surface area contributed by atoms with Crippen LogP contribution in [-0.2, 0) is 16.4 Å². The van der Waals surface area contributed by atoms with Gasteiger partial charge in [0.2, 0.25) is 10.0 Å². The number of sulfonamides is 1. The molecule has 1 aromatic heterocycles. The lowest BCUT2D eigenvalue weighted by Crippen LogP contribution is -2.49. The highest BCUT2D eigenvalue weighted by molar-refractivity contribution is 7.93. The summed E-state index contributed by atoms with van der Waals surface area (Å²) in [5.74, 6) is -0.212. The van der Waals surface area contributed by atoms with Crippen LogP contribution in [0.5, 0.6) is 0 Å². The number of nitrogens with zero attached hydrogens (tertiary/aromatic N) is 3. The van der Waals surface area contributed by atoms with Gasteiger partial charge in [-0.15, -0.1) is 0 Å². The molecule has 26 heavy (non-hydrogen) atoms. The normalized spacial score (nSPS) is 20.3. The van der Waals surface area contributed by atoms with Gasteiger partial charge in [0.15, 0.2) is 0 Å². The van der Waals surface area contributed by atoms with Crippen molar-refractivity contribution in [3.63, 3.8) is 0 Å². The lowest BCUT2D eigenvalue weighted by molar-refractivity contribution is 0.0721. The summed E-state index contributed by atoms with van der Waals surface area (Å²) >= 11 is 0. The quantitative estimate of drug-likeness (QED) is 0.886. The molecule has 2 aromatic rings. The van der Waals surface area contributed by atoms with Gasteiger partial charge < -0.3 is 4.90 Å². The molecule has 0 radical (unpaired) electrons. The number of anilines is 1. The fraction of sp³-hybridized carbons (Fsp3) is 0.444. The van der Waals surface area contributed by atoms with Gasteiger partial charge in [-0.05, 0) is 43.9 Å². The zero-order valence-corrected chi connectivity index (χ0v) is 15.5. The minimum absolute atomic E-state index is 0.212. The highest BCUT2D eigenvalue weighted by Crippen LogP contribution is 2.33. The average molecular weight is 374 g/mol. The second-order valence-electron chi connectivity index (χ2n) is 6.95. The first-order valence-electron chi connectivity index (χ1n) is 8.87. The van der Waals surface area contributed by atoms with Crippen molar-refractivity contribution in [1.82, 2.24) is 15.1 Å². The van der Waals surface area contributed by atoms with Gasteiger partial charge in [-0.3, -0.25) is 14.2 Å². The predicted octanol–water partition coefficient (Wildman–Crippen LogP) is 1.72. The van der Waals surface area contributed by atoms with Gasteiger partial charge in [-0.25, -0.2) is 8.42 Å². The van der Waals surface area contributed by atoms with E-state index < -0.39 is 15.3 Å². The molecule has 3 heterocycles. The van der Waals surface area contributed by atoms with Gasteiger partial charge in [-0.2, -0.15) is 5.10 Å². The zero-order valence-electron chi connectivity index (χ0n) is 14.7. The first-order chi connectivity index (χ1) is 12.5. The number of fused-ring (bicyclic) bond motifs is 1. The number of likely N-dealkylation sites (tertiary alicyclic amines) is 1. The van der Waals surface area contributed by atoms with E-state index in [0.29, 0.717) is 31.6 Å². The van der Waals surface area contributed by atoms with Gasteiger partial charge in [0.1, 0.15) is 5.69 Å². The van der Waals surface area contributed by atoms with Crippen molar-refractivity contribution in [3.8, 4) is 0 Å². The van der Waals surface area contributed by atoms with E-state index in [1.165, 1.54) is 4.31 Å². The average Bonchev–Trinajstić information content (AvgIpc) is 3.28. The van der Waals surface area contributed by atoms with E-state index in [1.54, 1.807) is 11.0 Å². The molecular formula is C18H22N4O3S. The number of hydrogen-bond donors (Lipinski definition) is 1. The number of nitrogens with one attached hydrogen (secondary N) is 1. The van der Waals surface area contributed by atoms with Crippen LogP contribution in [0.15, 0.2) is 30.3 Å². The summed E-state index contributed by atoms with van der Waals surface area (Å²) in [4.78, 5) is 14.3. The van der Waals surface area contributed by atoms with Crippen LogP contribution in [0.4, 0.5) is 5.69 Å². The number of carbonyl (C=O) groups is 1. The van der Waals surface area contributed by atoms with E-state index >= 15 is 0 Å². The Balaban J connectivity index is 1.55. The summed E-state index contributed by atoms with van der Waals surface area (Å²) in [7, 11) is -3.51. The van der Waals surface area contributed by atoms with Gasteiger partial charge in [0.05, 0.1) is 10.9 Å². The van der Waals surface area contributed by atoms with Crippen molar-refractivity contribution >= 4 is 21.6 Å². The van der Waals surface area contributed by atoms with Crippen molar-refractivity contribution in [3.05, 3.63) is 47.3 Å². The van der Waals surface area contributed by atoms with E-state index in [9.17, 15) is 13.2 Å². The van der Waals surface area contributed by atoms with Crippen molar-refractivity contribution < 1.29 is 13.2 Å². The Bertz CT molecular complexity index is 937. The van der Waals surface area contributed by atoms with Crippen LogP contribution in [0.1, 0.15) is 34.6 Å². The van der Waals surface area contributed by atoms with E-state index in [-0.39, 0.29) is 12.5 Å². The van der Waals surface area contributed by atoms with Crippen LogP contribution in [0.25, 0.3) is 0 Å². The number of benzene rings is 1. The molecule has 8 heteroatoms. The maximum Gasteiger partial charge on any atom is 0.274 e. The van der Waals surface area contributed by atoms with Crippen molar-refractivity contribution in [2.45, 2.75) is 31.4 Å². The Morgan fingerprint density at radius 1 is 1.27 bits per heavy atom. The molecule has 1 atom stereocenters. The third-order valence-electron chi connectivity index (χ3n) is 5.16. The smallest absolute Gasteiger partial charge is 0.274 e. The first-order valence-corrected chi connectivity index (χ1v) is 10.4. The molecule has 1 fully saturated rings. The number of H-pyrrole nitrogens is 1. The molecule has 2 aliphatic heterocycles. The van der Waals surface area contributed by atoms with Gasteiger partial charge in [0.25, 0.3) is 5.91 Å². The van der Waals surface area contributed by atoms with Crippen LogP contribution in [0.2, 0.25) is 0 Å². The number of aromatic nitrogens is 2. The molecular weight excluding hydrogens is 352 g/mol. The van der Waals surface area contributed by atoms with Crippen LogP contribution >= 0.6 is 0 Å². The topological polar surface area (TPSA) is 86.4 Å². The van der Waals surface area contributed by atoms with Crippen molar-refractivity contribution in [2.75, 3.05) is 23.9 Å². The minimum Gasteiger partial charge on any atom is -0.336 e. The lowest BCUT2D eigenvalue weighted by Gasteiger charge is -2.34. The highest BCUT2D eigenvalue weighted by atomic mass is 32.2. The molecule has 1 aromatic carbocycles. The molecule has 0 unspecified atom stereocenters. The number of amides is 1. The zero-order chi connectivity index (χ0) is 18.3. The number of piperidine rings is 1. The number of aryl methyl sites for hydroxylation is 1. The van der Waals surface area contributed by atoms with E-state index in [2.05, 4.69) is 10.2 Å². The van der Waals surface area contributed by atoms with Crippen LogP contribution < -0.4 is 4.31 Å². The number of hydrogen-bond acceptors (Lipinski definition) is 4. The summed E-state index contributed by atoms with van der Waals surface area (Å²) in [6, 6.07) is 9.32. The Morgan fingerprint density at radius 2 is 2.08 bits per heavy atom. The fourth-order valence-corrected chi connectivity index (χ4v) is 5.80. The van der Waals surface area contributed by atoms with E-state index in [0.717, 1.165) is 23.4 Å². The van der Waals surface area contributed by atoms with Crippen LogP contribution in [-0.4, -0.2) is 54.3 Å². The number of carbonyl (C=O) groups excluding carboxylic acids is 1. The molecule has 1 N–H and O–H groups in total. The molecule has 0 saturated carbocycles. The monoisotopic (exact) mass is 374 g/mol. The fourth-order valence-electron chi connectivity index (χ4n) is 3.81. The molecule has 0 spiro atoms. The second kappa shape index (κ2) is 6.42. The summed E-state index contributed by atoms with van der Waals surface area (Å²) in [5.41, 5.74) is 2.99. The Hall–Kier alpha value is -2.35. The minimum atomic E-state index is -3.51. The molecule has 1 amide bonds. The first kappa shape index (κ1) is 17.1. The SMILES string of the molecule is Cc1cc(C(=O)N2CCC[C@H](S(=O)(=O)N3CCc4ccccc43)C2)n[nH]1. The third-order valence-corrected chi connectivity index (χ3v) is 7.38. The summed E-state index contributed by atoms with van der Waals surface area (Å²) < 4.78 is 28.0. The predicted molar refractivity (Wildman–Crippen MR) is 98.7 cm³/mol. The van der Waals surface area contributed by atoms with Crippen molar-refractivity contribution in [2.24, 2.45) is 0 Å². The maximum atomic E-state index is 13.2. The Labute approximate surface area is 153 Å². The maximum absolute atomic E-state index is 13.2. The highest BCUT2D eigenvalue weighted by Gasteiger charge is 2.39. The second-order valence-corrected chi connectivity index (χ2v) is 9.08. The molecule has 0 aliphatic carbocycles.